The molecule has 0 atom stereocenters. The number of pyridine rings is 1. The summed E-state index contributed by atoms with van der Waals surface area (Å²) in [4.78, 5) is 4.17. The zero-order chi connectivity index (χ0) is 8.27. The van der Waals surface area contributed by atoms with E-state index in [4.69, 9.17) is 5.11 Å². The van der Waals surface area contributed by atoms with Crippen LogP contribution in [0.3, 0.4) is 0 Å². The Balaban J connectivity index is 3.13. The third-order valence-electron chi connectivity index (χ3n) is 1.87. The Morgan fingerprint density at radius 1 is 1.55 bits per heavy atom. The molecule has 1 aromatic heterocycles. The lowest BCUT2D eigenvalue weighted by atomic mass is 10.1. The Bertz CT molecular complexity index is 245. The number of aliphatic hydroxyl groups excluding tert-OH is 1. The van der Waals surface area contributed by atoms with E-state index < -0.39 is 0 Å². The molecule has 60 valence electrons. The summed E-state index contributed by atoms with van der Waals surface area (Å²) < 4.78 is 0. The van der Waals surface area contributed by atoms with Gasteiger partial charge in [-0.15, -0.1) is 0 Å². The lowest BCUT2D eigenvalue weighted by Gasteiger charge is -2.05. The molecule has 0 bridgehead atoms. The molecule has 0 aliphatic carbocycles. The van der Waals surface area contributed by atoms with Gasteiger partial charge in [0.15, 0.2) is 0 Å². The van der Waals surface area contributed by atoms with E-state index in [2.05, 4.69) is 4.98 Å². The second-order valence-electron chi connectivity index (χ2n) is 2.56. The molecule has 11 heavy (non-hydrogen) atoms. The Kier molecular flexibility index (Phi) is 2.60. The SMILES string of the molecule is CCc1nccc(C)c1CO. The van der Waals surface area contributed by atoms with E-state index in [1.54, 1.807) is 6.20 Å². The molecular weight excluding hydrogens is 138 g/mol. The average molecular weight is 151 g/mol. The van der Waals surface area contributed by atoms with Crippen molar-refractivity contribution in [2.24, 2.45) is 0 Å². The minimum Gasteiger partial charge on any atom is -0.392 e. The average Bonchev–Trinajstić information content (AvgIpc) is 2.04. The summed E-state index contributed by atoms with van der Waals surface area (Å²) in [5.41, 5.74) is 3.11. The molecule has 2 heteroatoms. The third-order valence-corrected chi connectivity index (χ3v) is 1.87. The van der Waals surface area contributed by atoms with Crippen molar-refractivity contribution >= 4 is 0 Å². The first-order valence-electron chi connectivity index (χ1n) is 3.83. The molecule has 1 aromatic rings. The minimum atomic E-state index is 0.100. The highest BCUT2D eigenvalue weighted by Crippen LogP contribution is 2.11. The van der Waals surface area contributed by atoms with Crippen molar-refractivity contribution in [1.82, 2.24) is 4.98 Å². The normalized spacial score (nSPS) is 10.1. The molecule has 1 heterocycles. The van der Waals surface area contributed by atoms with Crippen LogP contribution in [0.2, 0.25) is 0 Å². The fraction of sp³-hybridized carbons (Fsp3) is 0.444. The quantitative estimate of drug-likeness (QED) is 0.693. The van der Waals surface area contributed by atoms with Crippen LogP contribution in [-0.2, 0) is 13.0 Å². The monoisotopic (exact) mass is 151 g/mol. The zero-order valence-electron chi connectivity index (χ0n) is 6.96. The zero-order valence-corrected chi connectivity index (χ0v) is 6.96. The van der Waals surface area contributed by atoms with Gasteiger partial charge in [0.2, 0.25) is 0 Å². The first kappa shape index (κ1) is 8.21. The fourth-order valence-electron chi connectivity index (χ4n) is 1.17. The van der Waals surface area contributed by atoms with Crippen molar-refractivity contribution in [1.29, 1.82) is 0 Å². The number of aromatic nitrogens is 1. The lowest BCUT2D eigenvalue weighted by molar-refractivity contribution is 0.279. The first-order valence-corrected chi connectivity index (χ1v) is 3.83. The standard InChI is InChI=1S/C9H13NO/c1-3-9-8(6-11)7(2)4-5-10-9/h4-5,11H,3,6H2,1-2H3. The van der Waals surface area contributed by atoms with Gasteiger partial charge in [0.1, 0.15) is 0 Å². The van der Waals surface area contributed by atoms with Gasteiger partial charge in [-0.25, -0.2) is 0 Å². The van der Waals surface area contributed by atoms with Crippen LogP contribution < -0.4 is 0 Å². The van der Waals surface area contributed by atoms with Gasteiger partial charge in [-0.1, -0.05) is 6.92 Å². The Labute approximate surface area is 66.9 Å². The first-order chi connectivity index (χ1) is 5.29. The summed E-state index contributed by atoms with van der Waals surface area (Å²) in [5.74, 6) is 0. The van der Waals surface area contributed by atoms with Crippen LogP contribution in [0.25, 0.3) is 0 Å². The number of hydrogen-bond acceptors (Lipinski definition) is 2. The van der Waals surface area contributed by atoms with Crippen LogP contribution in [0.15, 0.2) is 12.3 Å². The predicted molar refractivity (Wildman–Crippen MR) is 44.3 cm³/mol. The van der Waals surface area contributed by atoms with Crippen LogP contribution in [0.5, 0.6) is 0 Å². The van der Waals surface area contributed by atoms with Gasteiger partial charge in [-0.05, 0) is 25.0 Å². The van der Waals surface area contributed by atoms with E-state index >= 15 is 0 Å². The topological polar surface area (TPSA) is 33.1 Å². The van der Waals surface area contributed by atoms with Crippen LogP contribution in [0.4, 0.5) is 0 Å². The van der Waals surface area contributed by atoms with E-state index in [1.165, 1.54) is 0 Å². The van der Waals surface area contributed by atoms with Crippen molar-refractivity contribution in [3.05, 3.63) is 29.1 Å². The Morgan fingerprint density at radius 2 is 2.27 bits per heavy atom. The van der Waals surface area contributed by atoms with Crippen molar-refractivity contribution in [3.8, 4) is 0 Å². The molecule has 1 rings (SSSR count). The maximum absolute atomic E-state index is 8.99. The van der Waals surface area contributed by atoms with Crippen LogP contribution in [0, 0.1) is 6.92 Å². The third kappa shape index (κ3) is 1.57. The fourth-order valence-corrected chi connectivity index (χ4v) is 1.17. The molecule has 0 radical (unpaired) electrons. The van der Waals surface area contributed by atoms with Gasteiger partial charge in [0.25, 0.3) is 0 Å². The number of rotatable bonds is 2. The molecule has 0 fully saturated rings. The van der Waals surface area contributed by atoms with E-state index in [0.717, 1.165) is 23.2 Å². The van der Waals surface area contributed by atoms with Crippen molar-refractivity contribution in [2.45, 2.75) is 26.9 Å². The number of hydrogen-bond donors (Lipinski definition) is 1. The molecule has 0 saturated heterocycles. The summed E-state index contributed by atoms with van der Waals surface area (Å²) in [7, 11) is 0. The van der Waals surface area contributed by atoms with Gasteiger partial charge in [-0.3, -0.25) is 4.98 Å². The van der Waals surface area contributed by atoms with Gasteiger partial charge in [-0.2, -0.15) is 0 Å². The molecule has 0 aliphatic rings. The maximum Gasteiger partial charge on any atom is 0.0702 e. The van der Waals surface area contributed by atoms with Gasteiger partial charge in [0.05, 0.1) is 6.61 Å². The molecular formula is C9H13NO. The van der Waals surface area contributed by atoms with E-state index in [1.807, 2.05) is 19.9 Å². The Morgan fingerprint density at radius 3 is 2.73 bits per heavy atom. The number of nitrogens with zero attached hydrogens (tertiary/aromatic N) is 1. The largest absolute Gasteiger partial charge is 0.392 e. The molecule has 0 saturated carbocycles. The van der Waals surface area contributed by atoms with Crippen LogP contribution in [0.1, 0.15) is 23.7 Å². The number of aliphatic hydroxyl groups is 1. The van der Waals surface area contributed by atoms with Crippen LogP contribution >= 0.6 is 0 Å². The van der Waals surface area contributed by atoms with E-state index in [9.17, 15) is 0 Å². The highest BCUT2D eigenvalue weighted by atomic mass is 16.3. The van der Waals surface area contributed by atoms with Crippen molar-refractivity contribution < 1.29 is 5.11 Å². The van der Waals surface area contributed by atoms with Gasteiger partial charge < -0.3 is 5.11 Å². The highest BCUT2D eigenvalue weighted by molar-refractivity contribution is 5.27. The van der Waals surface area contributed by atoms with Crippen molar-refractivity contribution in [3.63, 3.8) is 0 Å². The maximum atomic E-state index is 8.99. The summed E-state index contributed by atoms with van der Waals surface area (Å²) in [5, 5.41) is 8.99. The Hall–Kier alpha value is -0.890. The smallest absolute Gasteiger partial charge is 0.0702 e. The summed E-state index contributed by atoms with van der Waals surface area (Å²) in [6.45, 7) is 4.14. The lowest BCUT2D eigenvalue weighted by Crippen LogP contribution is -1.98. The second-order valence-corrected chi connectivity index (χ2v) is 2.56. The number of aryl methyl sites for hydroxylation is 2. The summed E-state index contributed by atoms with van der Waals surface area (Å²) in [6, 6.07) is 1.92. The van der Waals surface area contributed by atoms with Gasteiger partial charge >= 0.3 is 0 Å². The molecule has 0 aromatic carbocycles. The molecule has 2 nitrogen and oxygen atoms in total. The van der Waals surface area contributed by atoms with Crippen molar-refractivity contribution in [2.75, 3.05) is 0 Å². The molecule has 1 N–H and O–H groups in total. The van der Waals surface area contributed by atoms with E-state index in [0.29, 0.717) is 0 Å². The van der Waals surface area contributed by atoms with E-state index in [-0.39, 0.29) is 6.61 Å². The summed E-state index contributed by atoms with van der Waals surface area (Å²) in [6.07, 6.45) is 2.67. The summed E-state index contributed by atoms with van der Waals surface area (Å²) >= 11 is 0. The molecule has 0 spiro atoms. The highest BCUT2D eigenvalue weighted by Gasteiger charge is 2.02. The van der Waals surface area contributed by atoms with Crippen LogP contribution in [-0.4, -0.2) is 10.1 Å². The molecule has 0 aliphatic heterocycles. The molecule has 0 unspecified atom stereocenters. The van der Waals surface area contributed by atoms with Gasteiger partial charge in [0, 0.05) is 17.5 Å². The minimum absolute atomic E-state index is 0.100. The predicted octanol–water partition coefficient (Wildman–Crippen LogP) is 1.44. The molecule has 0 amide bonds. The second kappa shape index (κ2) is 3.49.